The molecule has 2 bridgehead atoms. The molecule has 0 unspecified atom stereocenters. The van der Waals surface area contributed by atoms with Crippen LogP contribution in [0.5, 0.6) is 0 Å². The number of hydrogen-bond donors (Lipinski definition) is 0. The molecule has 0 aromatic carbocycles. The van der Waals surface area contributed by atoms with E-state index in [4.69, 9.17) is 42.1 Å². The monoisotopic (exact) mass is 378 g/mol. The normalized spacial score (nSPS) is 44.5. The van der Waals surface area contributed by atoms with Crippen molar-refractivity contribution in [3.05, 3.63) is 12.7 Å². The summed E-state index contributed by atoms with van der Waals surface area (Å²) in [5.41, 5.74) is -1.82. The zero-order valence-corrected chi connectivity index (χ0v) is 14.8. The number of rotatable bonds is 5. The summed E-state index contributed by atoms with van der Waals surface area (Å²) in [6.45, 7) is 3.58. The van der Waals surface area contributed by atoms with Crippen LogP contribution in [-0.2, 0) is 33.3 Å². The molecule has 1 saturated heterocycles. The molecule has 0 aromatic heterocycles. The fourth-order valence-corrected chi connectivity index (χ4v) is 6.08. The number of fused-ring (bicyclic) bond motifs is 1. The Kier molecular flexibility index (Phi) is 3.64. The molecule has 0 aromatic rings. The highest BCUT2D eigenvalue weighted by Gasteiger charge is 3.00. The topological polar surface area (TPSA) is 88.1 Å². The number of hydrogen-bond acceptors (Lipinski definition) is 7. The summed E-state index contributed by atoms with van der Waals surface area (Å²) in [4.78, 5) is 34.2. The van der Waals surface area contributed by atoms with Gasteiger partial charge in [-0.15, -0.1) is 29.8 Å². The first kappa shape index (κ1) is 17.7. The van der Waals surface area contributed by atoms with E-state index in [-0.39, 0.29) is 6.42 Å². The quantitative estimate of drug-likeness (QED) is 0.302. The summed E-state index contributed by atoms with van der Waals surface area (Å²) >= 11 is 13.5. The van der Waals surface area contributed by atoms with Crippen LogP contribution in [0.2, 0.25) is 0 Å². The number of carbonyl (C=O) groups is 3. The Morgan fingerprint density at radius 3 is 2.33 bits per heavy atom. The lowest BCUT2D eigenvalue weighted by molar-refractivity contribution is -0.229. The van der Waals surface area contributed by atoms with Gasteiger partial charge >= 0.3 is 11.9 Å². The standard InChI is InChI=1S/C15H16Cl2O7/c1-5-6-12-11(20)13(16)7(9(18)21-2)8(10(19)24-12)14(12,17)15(13,22-3)23-4/h5,7-8H,1,6H2,2-4H3/t7-,8+,12+,13+,14-/m0/s1. The molecule has 3 aliphatic rings. The van der Waals surface area contributed by atoms with Gasteiger partial charge in [-0.3, -0.25) is 14.4 Å². The number of methoxy groups -OCH3 is 3. The predicted molar refractivity (Wildman–Crippen MR) is 81.6 cm³/mol. The van der Waals surface area contributed by atoms with Gasteiger partial charge in [-0.1, -0.05) is 6.08 Å². The Morgan fingerprint density at radius 1 is 1.29 bits per heavy atom. The Balaban J connectivity index is 2.40. The number of esters is 2. The van der Waals surface area contributed by atoms with Gasteiger partial charge in [-0.25, -0.2) is 0 Å². The number of ketones is 1. The third-order valence-corrected chi connectivity index (χ3v) is 6.87. The molecule has 9 heteroatoms. The molecule has 0 amide bonds. The Hall–Kier alpha value is -1.15. The molecule has 2 saturated carbocycles. The fraction of sp³-hybridized carbons (Fsp3) is 0.667. The first-order chi connectivity index (χ1) is 11.2. The summed E-state index contributed by atoms with van der Waals surface area (Å²) in [6, 6.07) is 0. The molecular weight excluding hydrogens is 363 g/mol. The van der Waals surface area contributed by atoms with Gasteiger partial charge < -0.3 is 18.9 Å². The maximum Gasteiger partial charge on any atom is 0.313 e. The molecule has 132 valence electrons. The van der Waals surface area contributed by atoms with Crippen LogP contribution in [0.3, 0.4) is 0 Å². The Labute approximate surface area is 148 Å². The van der Waals surface area contributed by atoms with Crippen LogP contribution in [0.4, 0.5) is 0 Å². The lowest BCUT2D eigenvalue weighted by Gasteiger charge is -2.40. The molecule has 3 fully saturated rings. The van der Waals surface area contributed by atoms with E-state index in [1.807, 2.05) is 0 Å². The molecule has 24 heavy (non-hydrogen) atoms. The maximum atomic E-state index is 13.3. The van der Waals surface area contributed by atoms with Gasteiger partial charge in [0.05, 0.1) is 7.11 Å². The zero-order valence-electron chi connectivity index (χ0n) is 13.3. The second-order valence-electron chi connectivity index (χ2n) is 6.00. The first-order valence-electron chi connectivity index (χ1n) is 7.14. The second-order valence-corrected chi connectivity index (χ2v) is 7.19. The predicted octanol–water partition coefficient (Wildman–Crippen LogP) is 0.804. The summed E-state index contributed by atoms with van der Waals surface area (Å²) in [6.07, 6.45) is 1.30. The van der Waals surface area contributed by atoms with E-state index in [1.54, 1.807) is 0 Å². The van der Waals surface area contributed by atoms with E-state index in [9.17, 15) is 14.4 Å². The van der Waals surface area contributed by atoms with Crippen LogP contribution in [-0.4, -0.2) is 60.2 Å². The average Bonchev–Trinajstić information content (AvgIpc) is 2.90. The van der Waals surface area contributed by atoms with Gasteiger partial charge in [-0.05, 0) is 0 Å². The van der Waals surface area contributed by atoms with E-state index < -0.39 is 50.7 Å². The van der Waals surface area contributed by atoms with E-state index in [2.05, 4.69) is 6.58 Å². The SMILES string of the molecule is C=CC[C@@]12OC(=O)[C@H]3[C@@H](C(=O)OC)[C@@](Cl)(C1=O)C(OC)(OC)[C@]32Cl. The van der Waals surface area contributed by atoms with Gasteiger partial charge in [-0.2, -0.15) is 0 Å². The first-order valence-corrected chi connectivity index (χ1v) is 7.90. The van der Waals surface area contributed by atoms with Crippen molar-refractivity contribution < 1.29 is 33.3 Å². The third-order valence-electron chi connectivity index (χ3n) is 5.42. The summed E-state index contributed by atoms with van der Waals surface area (Å²) in [7, 11) is 3.60. The minimum absolute atomic E-state index is 0.0889. The van der Waals surface area contributed by atoms with Gasteiger partial charge in [0.15, 0.2) is 9.75 Å². The molecule has 0 radical (unpaired) electrons. The largest absolute Gasteiger partial charge is 0.469 e. The van der Waals surface area contributed by atoms with Crippen LogP contribution in [0.25, 0.3) is 0 Å². The van der Waals surface area contributed by atoms with Gasteiger partial charge in [0.2, 0.25) is 17.2 Å². The highest BCUT2D eigenvalue weighted by molar-refractivity contribution is 6.47. The van der Waals surface area contributed by atoms with E-state index in [1.165, 1.54) is 20.3 Å². The summed E-state index contributed by atoms with van der Waals surface area (Å²) in [5, 5.41) is 0. The number of carbonyl (C=O) groups excluding carboxylic acids is 3. The molecule has 1 aliphatic heterocycles. The van der Waals surface area contributed by atoms with Crippen molar-refractivity contribution in [2.75, 3.05) is 21.3 Å². The average molecular weight is 379 g/mol. The molecule has 0 spiro atoms. The summed E-state index contributed by atoms with van der Waals surface area (Å²) < 4.78 is 21.0. The van der Waals surface area contributed by atoms with Gasteiger partial charge in [0.1, 0.15) is 11.8 Å². The van der Waals surface area contributed by atoms with Crippen LogP contribution >= 0.6 is 23.2 Å². The van der Waals surface area contributed by atoms with E-state index in [0.29, 0.717) is 0 Å². The van der Waals surface area contributed by atoms with Crippen molar-refractivity contribution in [3.63, 3.8) is 0 Å². The number of alkyl halides is 2. The minimum atomic E-state index is -2.08. The van der Waals surface area contributed by atoms with Crippen LogP contribution in [0, 0.1) is 11.8 Å². The maximum absolute atomic E-state index is 13.3. The summed E-state index contributed by atoms with van der Waals surface area (Å²) in [5.74, 6) is -7.07. The Bertz CT molecular complexity index is 660. The number of Topliss-reactive ketones (excluding diaryl/α,β-unsaturated/α-hetero) is 1. The zero-order chi connectivity index (χ0) is 18.1. The van der Waals surface area contributed by atoms with Crippen molar-refractivity contribution in [2.45, 2.75) is 27.6 Å². The van der Waals surface area contributed by atoms with E-state index >= 15 is 0 Å². The molecule has 0 N–H and O–H groups in total. The number of ether oxygens (including phenoxy) is 4. The fourth-order valence-electron chi connectivity index (χ4n) is 4.64. The van der Waals surface area contributed by atoms with Crippen molar-refractivity contribution in [1.29, 1.82) is 0 Å². The molecule has 2 aliphatic carbocycles. The molecule has 3 rings (SSSR count). The van der Waals surface area contributed by atoms with Crippen LogP contribution in [0.15, 0.2) is 12.7 Å². The van der Waals surface area contributed by atoms with Crippen molar-refractivity contribution >= 4 is 40.9 Å². The van der Waals surface area contributed by atoms with Crippen LogP contribution in [0.1, 0.15) is 6.42 Å². The lowest BCUT2D eigenvalue weighted by atomic mass is 9.71. The van der Waals surface area contributed by atoms with Crippen molar-refractivity contribution in [2.24, 2.45) is 11.8 Å². The van der Waals surface area contributed by atoms with E-state index in [0.717, 1.165) is 7.11 Å². The molecule has 1 heterocycles. The highest BCUT2D eigenvalue weighted by Crippen LogP contribution is 2.76. The smallest absolute Gasteiger partial charge is 0.313 e. The molecular formula is C15H16Cl2O7. The van der Waals surface area contributed by atoms with Crippen molar-refractivity contribution in [1.82, 2.24) is 0 Å². The minimum Gasteiger partial charge on any atom is -0.469 e. The highest BCUT2D eigenvalue weighted by atomic mass is 35.5. The second kappa shape index (κ2) is 4.94. The third kappa shape index (κ3) is 1.32. The van der Waals surface area contributed by atoms with Crippen LogP contribution < -0.4 is 0 Å². The van der Waals surface area contributed by atoms with Gasteiger partial charge in [0, 0.05) is 20.6 Å². The Morgan fingerprint density at radius 2 is 1.88 bits per heavy atom. The molecule has 5 atom stereocenters. The van der Waals surface area contributed by atoms with Crippen molar-refractivity contribution in [3.8, 4) is 0 Å². The number of halogens is 2. The molecule has 7 nitrogen and oxygen atoms in total. The van der Waals surface area contributed by atoms with Gasteiger partial charge in [0.25, 0.3) is 0 Å². The lowest BCUT2D eigenvalue weighted by Crippen LogP contribution is -2.60.